The minimum atomic E-state index is -3.59. The van der Waals surface area contributed by atoms with Gasteiger partial charge in [0.05, 0.1) is 6.54 Å². The Kier molecular flexibility index (Phi) is 6.85. The zero-order valence-corrected chi connectivity index (χ0v) is 17.6. The molecule has 0 amide bonds. The van der Waals surface area contributed by atoms with E-state index in [1.165, 1.54) is 24.4 Å². The molecule has 1 N–H and O–H groups in total. The molecule has 2 aromatic carbocycles. The number of benzene rings is 2. The molecule has 7 nitrogen and oxygen atoms in total. The molecule has 34 heavy (non-hydrogen) atoms. The van der Waals surface area contributed by atoms with Gasteiger partial charge in [0.25, 0.3) is 0 Å². The molecule has 0 spiro atoms. The van der Waals surface area contributed by atoms with E-state index < -0.39 is 24.3 Å². The van der Waals surface area contributed by atoms with E-state index in [2.05, 4.69) is 32.4 Å². The van der Waals surface area contributed by atoms with E-state index in [1.54, 1.807) is 12.1 Å². The van der Waals surface area contributed by atoms with Crippen molar-refractivity contribution in [2.24, 2.45) is 0 Å². The Morgan fingerprint density at radius 1 is 0.971 bits per heavy atom. The van der Waals surface area contributed by atoms with Gasteiger partial charge in [0.15, 0.2) is 0 Å². The van der Waals surface area contributed by atoms with Gasteiger partial charge in [-0.2, -0.15) is 8.78 Å². The van der Waals surface area contributed by atoms with Crippen LogP contribution in [0.1, 0.15) is 22.4 Å². The monoisotopic (exact) mass is 465 g/mol. The summed E-state index contributed by atoms with van der Waals surface area (Å²) in [5.74, 6) is 2.46. The fourth-order valence-electron chi connectivity index (χ4n) is 2.92. The molecule has 4 aromatic rings. The fourth-order valence-corrected chi connectivity index (χ4v) is 2.92. The topological polar surface area (TPSA) is 86.0 Å². The Hall–Kier alpha value is -4.23. The lowest BCUT2D eigenvalue weighted by Gasteiger charge is -2.21. The number of aliphatic hydroxyl groups is 1. The quantitative estimate of drug-likeness (QED) is 0.422. The molecule has 4 rings (SSSR count). The number of alkyl halides is 2. The van der Waals surface area contributed by atoms with Crippen molar-refractivity contribution in [2.75, 3.05) is 0 Å². The summed E-state index contributed by atoms with van der Waals surface area (Å²) in [6, 6.07) is 15.6. The lowest BCUT2D eigenvalue weighted by Crippen LogP contribution is -2.35. The van der Waals surface area contributed by atoms with Crippen LogP contribution in [0.2, 0.25) is 0 Å². The van der Waals surface area contributed by atoms with Crippen LogP contribution in [0.3, 0.4) is 0 Å². The third kappa shape index (κ3) is 5.76. The van der Waals surface area contributed by atoms with Crippen molar-refractivity contribution >= 4 is 0 Å². The van der Waals surface area contributed by atoms with Crippen LogP contribution in [0.5, 0.6) is 5.75 Å². The summed E-state index contributed by atoms with van der Waals surface area (Å²) in [5.41, 5.74) is 1.49. The number of aromatic nitrogens is 5. The van der Waals surface area contributed by atoms with Gasteiger partial charge in [-0.25, -0.2) is 9.07 Å². The van der Waals surface area contributed by atoms with E-state index in [0.717, 1.165) is 28.2 Å². The second-order valence-corrected chi connectivity index (χ2v) is 7.29. The van der Waals surface area contributed by atoms with Gasteiger partial charge in [-0.05, 0) is 64.5 Å². The van der Waals surface area contributed by atoms with E-state index in [0.29, 0.717) is 17.9 Å². The van der Waals surface area contributed by atoms with E-state index in [-0.39, 0.29) is 5.82 Å². The van der Waals surface area contributed by atoms with Crippen molar-refractivity contribution in [3.8, 4) is 17.6 Å². The minimum absolute atomic E-state index is 0.318. The Bertz CT molecular complexity index is 1270. The van der Waals surface area contributed by atoms with Gasteiger partial charge in [0.2, 0.25) is 0 Å². The van der Waals surface area contributed by atoms with Crippen LogP contribution < -0.4 is 4.74 Å². The van der Waals surface area contributed by atoms with Crippen LogP contribution in [0.15, 0.2) is 73.2 Å². The van der Waals surface area contributed by atoms with Gasteiger partial charge in [-0.1, -0.05) is 24.0 Å². The molecule has 0 aliphatic carbocycles. The summed E-state index contributed by atoms with van der Waals surface area (Å²) in [5, 5.41) is 20.1. The molecule has 0 aliphatic heterocycles. The highest BCUT2D eigenvalue weighted by Crippen LogP contribution is 2.31. The molecular weight excluding hydrogens is 447 g/mol. The van der Waals surface area contributed by atoms with Crippen LogP contribution in [0, 0.1) is 17.7 Å². The van der Waals surface area contributed by atoms with Gasteiger partial charge in [0, 0.05) is 17.3 Å². The molecule has 0 radical (unpaired) electrons. The molecule has 2 aromatic heterocycles. The van der Waals surface area contributed by atoms with E-state index in [1.807, 2.05) is 24.3 Å². The van der Waals surface area contributed by atoms with Crippen molar-refractivity contribution in [3.05, 3.63) is 101 Å². The Labute approximate surface area is 192 Å². The number of ether oxygens (including phenoxy) is 1. The third-order valence-electron chi connectivity index (χ3n) is 4.80. The van der Waals surface area contributed by atoms with Crippen molar-refractivity contribution in [1.29, 1.82) is 0 Å². The first-order valence-electron chi connectivity index (χ1n) is 10.1. The largest absolute Gasteiger partial charge is 0.489 e. The van der Waals surface area contributed by atoms with Gasteiger partial charge in [-0.15, -0.1) is 5.10 Å². The molecule has 0 saturated carbocycles. The maximum Gasteiger partial charge on any atom is 0.316 e. The SMILES string of the molecule is OC(Cn1cnnn1)C(F)(F)c1ccc(C#Cc2ccc(COc3ccc(F)cc3)cc2)cn1. The minimum Gasteiger partial charge on any atom is -0.489 e. The molecule has 1 atom stereocenters. The Morgan fingerprint density at radius 2 is 1.68 bits per heavy atom. The first-order chi connectivity index (χ1) is 16.4. The van der Waals surface area contributed by atoms with Crippen molar-refractivity contribution < 1.29 is 23.0 Å². The van der Waals surface area contributed by atoms with Crippen LogP contribution in [-0.2, 0) is 19.1 Å². The van der Waals surface area contributed by atoms with Crippen molar-refractivity contribution in [1.82, 2.24) is 25.2 Å². The number of tetrazole rings is 1. The predicted octanol–water partition coefficient (Wildman–Crippen LogP) is 3.34. The first kappa shape index (κ1) is 22.9. The summed E-state index contributed by atoms with van der Waals surface area (Å²) >= 11 is 0. The van der Waals surface area contributed by atoms with Crippen LogP contribution in [0.4, 0.5) is 13.2 Å². The molecule has 0 aliphatic rings. The van der Waals surface area contributed by atoms with E-state index in [9.17, 15) is 18.3 Å². The highest BCUT2D eigenvalue weighted by molar-refractivity contribution is 5.43. The molecule has 0 saturated heterocycles. The standard InChI is InChI=1S/C24H18F3N5O2/c25-20-8-10-21(11-9-20)34-15-19-5-2-17(3-6-19)1-4-18-7-12-22(28-13-18)24(26,27)23(33)14-32-16-29-30-31-32/h2-3,5-13,16,23,33H,14-15H2. The average molecular weight is 465 g/mol. The molecule has 0 bridgehead atoms. The summed E-state index contributed by atoms with van der Waals surface area (Å²) in [6.45, 7) is -0.160. The Morgan fingerprint density at radius 3 is 2.32 bits per heavy atom. The van der Waals surface area contributed by atoms with Gasteiger partial charge in [0.1, 0.15) is 36.3 Å². The van der Waals surface area contributed by atoms with Crippen molar-refractivity contribution in [3.63, 3.8) is 0 Å². The third-order valence-corrected chi connectivity index (χ3v) is 4.80. The number of halogens is 3. The number of aliphatic hydroxyl groups excluding tert-OH is 1. The second-order valence-electron chi connectivity index (χ2n) is 7.29. The van der Waals surface area contributed by atoms with Crippen LogP contribution in [-0.4, -0.2) is 36.4 Å². The predicted molar refractivity (Wildman–Crippen MR) is 115 cm³/mol. The number of pyridine rings is 1. The number of rotatable bonds is 7. The normalized spacial score (nSPS) is 12.0. The first-order valence-corrected chi connectivity index (χ1v) is 10.1. The van der Waals surface area contributed by atoms with Gasteiger partial charge in [-0.3, -0.25) is 4.98 Å². The molecule has 1 unspecified atom stereocenters. The number of nitrogens with zero attached hydrogens (tertiary/aromatic N) is 5. The fraction of sp³-hybridized carbons (Fsp3) is 0.167. The second kappa shape index (κ2) is 10.1. The summed E-state index contributed by atoms with van der Waals surface area (Å²) in [7, 11) is 0. The van der Waals surface area contributed by atoms with E-state index in [4.69, 9.17) is 4.74 Å². The molecule has 10 heteroatoms. The Balaban J connectivity index is 1.35. The highest BCUT2D eigenvalue weighted by atomic mass is 19.3. The smallest absolute Gasteiger partial charge is 0.316 e. The van der Waals surface area contributed by atoms with Crippen molar-refractivity contribution in [2.45, 2.75) is 25.2 Å². The van der Waals surface area contributed by atoms with Gasteiger partial charge < -0.3 is 9.84 Å². The summed E-state index contributed by atoms with van der Waals surface area (Å²) in [6.07, 6.45) is 0.313. The zero-order valence-electron chi connectivity index (χ0n) is 17.6. The summed E-state index contributed by atoms with van der Waals surface area (Å²) in [4.78, 5) is 3.77. The lowest BCUT2D eigenvalue weighted by molar-refractivity contribution is -0.124. The van der Waals surface area contributed by atoms with Gasteiger partial charge >= 0.3 is 5.92 Å². The number of hydrogen-bond acceptors (Lipinski definition) is 6. The molecule has 0 fully saturated rings. The number of hydrogen-bond donors (Lipinski definition) is 1. The lowest BCUT2D eigenvalue weighted by atomic mass is 10.1. The van der Waals surface area contributed by atoms with Crippen LogP contribution in [0.25, 0.3) is 0 Å². The zero-order chi connectivity index (χ0) is 24.0. The summed E-state index contributed by atoms with van der Waals surface area (Å²) < 4.78 is 48.5. The molecule has 2 heterocycles. The molecule has 172 valence electrons. The van der Waals surface area contributed by atoms with E-state index >= 15 is 0 Å². The van der Waals surface area contributed by atoms with Crippen LogP contribution >= 0.6 is 0 Å². The molecular formula is C24H18F3N5O2. The maximum atomic E-state index is 14.5. The highest BCUT2D eigenvalue weighted by Gasteiger charge is 2.42. The average Bonchev–Trinajstić information content (AvgIpc) is 3.36. The maximum absolute atomic E-state index is 14.5.